The molecule has 1 unspecified atom stereocenters. The van der Waals surface area contributed by atoms with E-state index in [0.717, 1.165) is 10.8 Å². The summed E-state index contributed by atoms with van der Waals surface area (Å²) < 4.78 is 0. The quantitative estimate of drug-likeness (QED) is 0.376. The van der Waals surface area contributed by atoms with Crippen molar-refractivity contribution in [2.45, 2.75) is 0 Å². The van der Waals surface area contributed by atoms with Gasteiger partial charge in [0, 0.05) is 17.8 Å². The first-order chi connectivity index (χ1) is 7.18. The molecular weight excluding hydrogens is 194 g/mol. The second kappa shape index (κ2) is 3.74. The van der Waals surface area contributed by atoms with Crippen molar-refractivity contribution in [3.05, 3.63) is 47.4 Å². The monoisotopic (exact) mass is 203 g/mol. The third-order valence-corrected chi connectivity index (χ3v) is 2.13. The summed E-state index contributed by atoms with van der Waals surface area (Å²) in [7, 11) is 0. The van der Waals surface area contributed by atoms with Crippen LogP contribution in [0.3, 0.4) is 0 Å². The summed E-state index contributed by atoms with van der Waals surface area (Å²) in [5, 5.41) is 11.5. The standard InChI is InChI=1S/C10H9N3O2/c11-13(15)10(14)8-1-2-9-6-12-4-3-7(9)5-8/h1-6,13H,11H2. The van der Waals surface area contributed by atoms with Crippen LogP contribution < -0.4 is 11.0 Å². The fourth-order valence-corrected chi connectivity index (χ4v) is 1.37. The number of nitrogens with two attached hydrogens (primary N) is 1. The second-order valence-electron chi connectivity index (χ2n) is 3.13. The lowest BCUT2D eigenvalue weighted by Crippen LogP contribution is -3.15. The molecule has 0 saturated heterocycles. The van der Waals surface area contributed by atoms with Crippen LogP contribution >= 0.6 is 0 Å². The topological polar surface area (TPSA) is 83.5 Å². The molecule has 0 aliphatic carbocycles. The molecule has 76 valence electrons. The number of fused-ring (bicyclic) bond motifs is 1. The zero-order chi connectivity index (χ0) is 10.8. The van der Waals surface area contributed by atoms with E-state index >= 15 is 0 Å². The van der Waals surface area contributed by atoms with Gasteiger partial charge in [0.1, 0.15) is 0 Å². The maximum atomic E-state index is 11.3. The van der Waals surface area contributed by atoms with Crippen molar-refractivity contribution in [3.63, 3.8) is 0 Å². The van der Waals surface area contributed by atoms with E-state index in [2.05, 4.69) is 4.98 Å². The van der Waals surface area contributed by atoms with Gasteiger partial charge in [-0.25, -0.2) is 9.97 Å². The average Bonchev–Trinajstić information content (AvgIpc) is 2.27. The molecule has 0 aliphatic rings. The van der Waals surface area contributed by atoms with Gasteiger partial charge in [-0.05, 0) is 23.6 Å². The number of hydroxylamine groups is 1. The number of nitrogens with zero attached hydrogens (tertiary/aromatic N) is 1. The Morgan fingerprint density at radius 2 is 2.13 bits per heavy atom. The second-order valence-corrected chi connectivity index (χ2v) is 3.13. The van der Waals surface area contributed by atoms with Crippen LogP contribution in [0.25, 0.3) is 10.8 Å². The van der Waals surface area contributed by atoms with E-state index in [0.29, 0.717) is 5.56 Å². The van der Waals surface area contributed by atoms with Crippen LogP contribution in [0.5, 0.6) is 0 Å². The van der Waals surface area contributed by atoms with Crippen molar-refractivity contribution in [2.75, 3.05) is 0 Å². The van der Waals surface area contributed by atoms with Gasteiger partial charge in [-0.15, -0.1) is 0 Å². The molecule has 2 rings (SSSR count). The molecule has 1 heterocycles. The number of aromatic nitrogens is 1. The van der Waals surface area contributed by atoms with Crippen LogP contribution in [0.15, 0.2) is 36.7 Å². The highest BCUT2D eigenvalue weighted by atomic mass is 16.5. The predicted molar refractivity (Wildman–Crippen MR) is 54.6 cm³/mol. The minimum absolute atomic E-state index is 0.307. The van der Waals surface area contributed by atoms with Crippen molar-refractivity contribution in [2.24, 2.45) is 5.84 Å². The van der Waals surface area contributed by atoms with Gasteiger partial charge in [-0.2, -0.15) is 5.84 Å². The van der Waals surface area contributed by atoms with Crippen LogP contribution in [0, 0.1) is 5.21 Å². The Balaban J connectivity index is 2.52. The van der Waals surface area contributed by atoms with Crippen molar-refractivity contribution < 1.29 is 9.97 Å². The number of quaternary nitrogens is 1. The zero-order valence-corrected chi connectivity index (χ0v) is 7.81. The predicted octanol–water partition coefficient (Wildman–Crippen LogP) is -0.369. The Labute approximate surface area is 85.7 Å². The van der Waals surface area contributed by atoms with Gasteiger partial charge in [0.2, 0.25) is 0 Å². The number of hydrogen-bond acceptors (Lipinski definition) is 4. The molecule has 0 radical (unpaired) electrons. The van der Waals surface area contributed by atoms with E-state index in [1.165, 1.54) is 0 Å². The van der Waals surface area contributed by atoms with Crippen molar-refractivity contribution in [1.29, 1.82) is 0 Å². The molecule has 2 aromatic rings. The van der Waals surface area contributed by atoms with Gasteiger partial charge in [0.15, 0.2) is 0 Å². The fraction of sp³-hybridized carbons (Fsp3) is 0. The summed E-state index contributed by atoms with van der Waals surface area (Å²) in [4.78, 5) is 15.2. The minimum atomic E-state index is -0.941. The van der Waals surface area contributed by atoms with E-state index in [1.54, 1.807) is 36.7 Å². The smallest absolute Gasteiger partial charge is 0.363 e. The molecule has 1 aromatic carbocycles. The first kappa shape index (κ1) is 9.72. The third-order valence-electron chi connectivity index (χ3n) is 2.13. The summed E-state index contributed by atoms with van der Waals surface area (Å²) in [6, 6.07) is 6.70. The summed E-state index contributed by atoms with van der Waals surface area (Å²) in [5.41, 5.74) is 0.307. The van der Waals surface area contributed by atoms with Gasteiger partial charge >= 0.3 is 5.91 Å². The van der Waals surface area contributed by atoms with Crippen molar-refractivity contribution >= 4 is 16.7 Å². The van der Waals surface area contributed by atoms with E-state index in [-0.39, 0.29) is 0 Å². The Hall–Kier alpha value is -1.82. The molecule has 0 fully saturated rings. The lowest BCUT2D eigenvalue weighted by molar-refractivity contribution is -0.770. The van der Waals surface area contributed by atoms with Gasteiger partial charge in [-0.3, -0.25) is 4.98 Å². The number of nitrogen functional groups attached to an aromatic ring is 1. The average molecular weight is 203 g/mol. The fourth-order valence-electron chi connectivity index (χ4n) is 1.37. The van der Waals surface area contributed by atoms with E-state index in [4.69, 9.17) is 5.84 Å². The van der Waals surface area contributed by atoms with Gasteiger partial charge in [0.05, 0.1) is 5.56 Å². The molecule has 15 heavy (non-hydrogen) atoms. The molecule has 1 aromatic heterocycles. The lowest BCUT2D eigenvalue weighted by Gasteiger charge is -2.11. The summed E-state index contributed by atoms with van der Waals surface area (Å²) in [6.07, 6.45) is 3.31. The highest BCUT2D eigenvalue weighted by Gasteiger charge is 2.11. The van der Waals surface area contributed by atoms with Gasteiger partial charge in [-0.1, -0.05) is 6.07 Å². The summed E-state index contributed by atoms with van der Waals surface area (Å²) in [5.74, 6) is 4.24. The number of nitrogens with one attached hydrogen (secondary N) is 1. The maximum absolute atomic E-state index is 11.3. The molecule has 3 N–H and O–H groups in total. The molecule has 5 heteroatoms. The number of benzene rings is 1. The molecule has 1 amide bonds. The molecule has 5 nitrogen and oxygen atoms in total. The van der Waals surface area contributed by atoms with Crippen LogP contribution in [-0.4, -0.2) is 10.9 Å². The van der Waals surface area contributed by atoms with Crippen molar-refractivity contribution in [3.8, 4) is 0 Å². The Kier molecular flexibility index (Phi) is 2.42. The van der Waals surface area contributed by atoms with Gasteiger partial charge in [0.25, 0.3) is 0 Å². The normalized spacial score (nSPS) is 12.7. The number of carbonyl (C=O) groups is 1. The Morgan fingerprint density at radius 1 is 1.33 bits per heavy atom. The zero-order valence-electron chi connectivity index (χ0n) is 7.81. The van der Waals surface area contributed by atoms with Crippen molar-refractivity contribution in [1.82, 2.24) is 4.98 Å². The third kappa shape index (κ3) is 1.84. The number of pyridine rings is 1. The number of hydrogen-bond donors (Lipinski definition) is 2. The summed E-state index contributed by atoms with van der Waals surface area (Å²) in [6.45, 7) is 0. The molecule has 0 aliphatic heterocycles. The number of rotatable bonds is 1. The maximum Gasteiger partial charge on any atom is 0.363 e. The minimum Gasteiger partial charge on any atom is -0.606 e. The van der Waals surface area contributed by atoms with Gasteiger partial charge < -0.3 is 5.21 Å². The highest BCUT2D eigenvalue weighted by Crippen LogP contribution is 2.13. The van der Waals surface area contributed by atoms with Crippen LogP contribution in [0.2, 0.25) is 0 Å². The van der Waals surface area contributed by atoms with E-state index < -0.39 is 11.1 Å². The van der Waals surface area contributed by atoms with E-state index in [9.17, 15) is 10.0 Å². The highest BCUT2D eigenvalue weighted by molar-refractivity contribution is 5.93. The molecule has 0 bridgehead atoms. The SMILES string of the molecule is N[NH+]([O-])C(=O)c1ccc2cnccc2c1. The molecular formula is C10H9N3O2. The first-order valence-corrected chi connectivity index (χ1v) is 4.36. The lowest BCUT2D eigenvalue weighted by atomic mass is 10.1. The molecule has 0 saturated carbocycles. The summed E-state index contributed by atoms with van der Waals surface area (Å²) >= 11 is 0. The Morgan fingerprint density at radius 3 is 2.87 bits per heavy atom. The van der Waals surface area contributed by atoms with Crippen LogP contribution in [0.1, 0.15) is 10.4 Å². The van der Waals surface area contributed by atoms with Crippen LogP contribution in [0.4, 0.5) is 0 Å². The Bertz CT molecular complexity index is 511. The molecule has 1 atom stereocenters. The number of carbonyl (C=O) groups excluding carboxylic acids is 1. The number of amides is 1. The van der Waals surface area contributed by atoms with Crippen LogP contribution in [-0.2, 0) is 0 Å². The largest absolute Gasteiger partial charge is 0.606 e. The first-order valence-electron chi connectivity index (χ1n) is 4.36. The van der Waals surface area contributed by atoms with E-state index in [1.807, 2.05) is 0 Å². The molecule has 0 spiro atoms.